The van der Waals surface area contributed by atoms with Crippen LogP contribution in [0.4, 0.5) is 17.2 Å². The van der Waals surface area contributed by atoms with Gasteiger partial charge in [-0.05, 0) is 56.2 Å². The van der Waals surface area contributed by atoms with Gasteiger partial charge >= 0.3 is 0 Å². The van der Waals surface area contributed by atoms with E-state index in [9.17, 15) is 4.79 Å². The van der Waals surface area contributed by atoms with Gasteiger partial charge in [-0.15, -0.1) is 0 Å². The molecule has 1 aromatic heterocycles. The average Bonchev–Trinajstić information content (AvgIpc) is 2.65. The normalized spacial score (nSPS) is 10.1. The summed E-state index contributed by atoms with van der Waals surface area (Å²) >= 11 is 0. The Morgan fingerprint density at radius 3 is 2.59 bits per heavy atom. The highest BCUT2D eigenvalue weighted by Gasteiger charge is 2.13. The third-order valence-corrected chi connectivity index (χ3v) is 4.19. The summed E-state index contributed by atoms with van der Waals surface area (Å²) in [6.45, 7) is 5.69. The second-order valence-corrected chi connectivity index (χ2v) is 6.20. The number of aryl methyl sites for hydroxylation is 2. The first-order valence-electron chi connectivity index (χ1n) is 8.46. The fourth-order valence-electron chi connectivity index (χ4n) is 2.64. The van der Waals surface area contributed by atoms with Gasteiger partial charge in [0.05, 0.1) is 11.6 Å². The molecule has 6 nitrogen and oxygen atoms in total. The fraction of sp³-hybridized carbons (Fsp3) is 0.143. The van der Waals surface area contributed by atoms with Gasteiger partial charge in [0, 0.05) is 17.4 Å². The van der Waals surface area contributed by atoms with Crippen LogP contribution in [0.1, 0.15) is 33.0 Å². The first-order valence-corrected chi connectivity index (χ1v) is 8.46. The lowest BCUT2D eigenvalue weighted by Crippen LogP contribution is -2.16. The van der Waals surface area contributed by atoms with Crippen molar-refractivity contribution in [1.29, 1.82) is 5.26 Å². The number of carbonyl (C=O) groups is 1. The maximum absolute atomic E-state index is 12.7. The van der Waals surface area contributed by atoms with Crippen LogP contribution in [0.3, 0.4) is 0 Å². The topological polar surface area (TPSA) is 90.7 Å². The molecule has 3 aromatic rings. The lowest BCUT2D eigenvalue weighted by Gasteiger charge is -2.11. The molecule has 0 aliphatic heterocycles. The number of nitrogens with zero attached hydrogens (tertiary/aromatic N) is 3. The molecular formula is C21H19N5O. The lowest BCUT2D eigenvalue weighted by atomic mass is 10.1. The van der Waals surface area contributed by atoms with E-state index in [4.69, 9.17) is 5.26 Å². The van der Waals surface area contributed by atoms with Crippen LogP contribution in [0.5, 0.6) is 0 Å². The van der Waals surface area contributed by atoms with E-state index < -0.39 is 0 Å². The SMILES string of the molecule is Cc1nc(Nc2cccc(C#N)c2)cc(C(=O)Nc2cccc(C)c2C)n1. The Hall–Kier alpha value is -3.72. The van der Waals surface area contributed by atoms with Gasteiger partial charge in [-0.1, -0.05) is 18.2 Å². The second-order valence-electron chi connectivity index (χ2n) is 6.20. The monoisotopic (exact) mass is 357 g/mol. The van der Waals surface area contributed by atoms with Gasteiger partial charge in [-0.2, -0.15) is 5.26 Å². The van der Waals surface area contributed by atoms with Gasteiger partial charge in [0.1, 0.15) is 17.3 Å². The highest BCUT2D eigenvalue weighted by atomic mass is 16.1. The van der Waals surface area contributed by atoms with Crippen LogP contribution in [-0.2, 0) is 0 Å². The van der Waals surface area contributed by atoms with Crippen molar-refractivity contribution in [3.8, 4) is 6.07 Å². The molecule has 6 heteroatoms. The number of amides is 1. The number of benzene rings is 2. The summed E-state index contributed by atoms with van der Waals surface area (Å²) < 4.78 is 0. The number of nitriles is 1. The zero-order valence-electron chi connectivity index (χ0n) is 15.4. The molecule has 0 spiro atoms. The van der Waals surface area contributed by atoms with Crippen molar-refractivity contribution in [3.05, 3.63) is 76.7 Å². The first-order chi connectivity index (χ1) is 13.0. The van der Waals surface area contributed by atoms with E-state index in [2.05, 4.69) is 26.7 Å². The third-order valence-electron chi connectivity index (χ3n) is 4.19. The predicted molar refractivity (Wildman–Crippen MR) is 105 cm³/mol. The molecule has 2 aromatic carbocycles. The zero-order valence-corrected chi connectivity index (χ0v) is 15.4. The highest BCUT2D eigenvalue weighted by molar-refractivity contribution is 6.03. The number of aromatic nitrogens is 2. The van der Waals surface area contributed by atoms with Gasteiger partial charge < -0.3 is 10.6 Å². The average molecular weight is 357 g/mol. The van der Waals surface area contributed by atoms with Gasteiger partial charge in [0.2, 0.25) is 0 Å². The Balaban J connectivity index is 1.85. The van der Waals surface area contributed by atoms with Gasteiger partial charge in [-0.3, -0.25) is 4.79 Å². The van der Waals surface area contributed by atoms with E-state index >= 15 is 0 Å². The molecule has 0 saturated heterocycles. The Morgan fingerprint density at radius 1 is 1.04 bits per heavy atom. The van der Waals surface area contributed by atoms with Crippen LogP contribution in [0.25, 0.3) is 0 Å². The van der Waals surface area contributed by atoms with Crippen molar-refractivity contribution in [3.63, 3.8) is 0 Å². The summed E-state index contributed by atoms with van der Waals surface area (Å²) in [6, 6.07) is 16.5. The minimum atomic E-state index is -0.303. The number of nitrogens with one attached hydrogen (secondary N) is 2. The van der Waals surface area contributed by atoms with Crippen LogP contribution < -0.4 is 10.6 Å². The Labute approximate surface area is 157 Å². The summed E-state index contributed by atoms with van der Waals surface area (Å²) in [5.74, 6) is 0.661. The van der Waals surface area contributed by atoms with E-state index in [0.29, 0.717) is 22.9 Å². The molecule has 0 atom stereocenters. The number of anilines is 3. The Kier molecular flexibility index (Phi) is 5.13. The number of hydrogen-bond acceptors (Lipinski definition) is 5. The molecule has 0 aliphatic rings. The van der Waals surface area contributed by atoms with Gasteiger partial charge in [0.25, 0.3) is 5.91 Å². The highest BCUT2D eigenvalue weighted by Crippen LogP contribution is 2.20. The van der Waals surface area contributed by atoms with E-state index in [0.717, 1.165) is 16.8 Å². The predicted octanol–water partition coefficient (Wildman–Crippen LogP) is 4.27. The standard InChI is InChI=1S/C21H19N5O/c1-13-6-4-9-18(14(13)2)26-21(27)19-11-20(24-15(3)23-19)25-17-8-5-7-16(10-17)12-22/h4-11H,1-3H3,(H,26,27)(H,23,24,25). The van der Waals surface area contributed by atoms with E-state index in [1.54, 1.807) is 31.2 Å². The molecule has 3 rings (SSSR count). The largest absolute Gasteiger partial charge is 0.340 e. The van der Waals surface area contributed by atoms with Crippen LogP contribution >= 0.6 is 0 Å². The zero-order chi connectivity index (χ0) is 19.4. The third kappa shape index (κ3) is 4.28. The molecule has 1 amide bonds. The Morgan fingerprint density at radius 2 is 1.81 bits per heavy atom. The lowest BCUT2D eigenvalue weighted by molar-refractivity contribution is 0.102. The summed E-state index contributed by atoms with van der Waals surface area (Å²) in [4.78, 5) is 21.2. The van der Waals surface area contributed by atoms with Crippen LogP contribution in [0, 0.1) is 32.1 Å². The number of hydrogen-bond donors (Lipinski definition) is 2. The molecule has 2 N–H and O–H groups in total. The molecule has 0 radical (unpaired) electrons. The van der Waals surface area contributed by atoms with E-state index in [1.807, 2.05) is 38.1 Å². The van der Waals surface area contributed by atoms with Crippen molar-refractivity contribution in [1.82, 2.24) is 9.97 Å². The van der Waals surface area contributed by atoms with Crippen molar-refractivity contribution < 1.29 is 4.79 Å². The van der Waals surface area contributed by atoms with Crippen molar-refractivity contribution in [2.24, 2.45) is 0 Å². The maximum Gasteiger partial charge on any atom is 0.274 e. The molecule has 0 saturated carbocycles. The Bertz CT molecular complexity index is 1050. The quantitative estimate of drug-likeness (QED) is 0.728. The van der Waals surface area contributed by atoms with Crippen LogP contribution in [-0.4, -0.2) is 15.9 Å². The summed E-state index contributed by atoms with van der Waals surface area (Å²) in [6.07, 6.45) is 0. The van der Waals surface area contributed by atoms with Crippen molar-refractivity contribution >= 4 is 23.1 Å². The summed E-state index contributed by atoms with van der Waals surface area (Å²) in [5, 5.41) is 15.0. The summed E-state index contributed by atoms with van der Waals surface area (Å²) in [5.41, 5.74) is 4.40. The van der Waals surface area contributed by atoms with E-state index in [-0.39, 0.29) is 11.6 Å². The molecular weight excluding hydrogens is 338 g/mol. The minimum Gasteiger partial charge on any atom is -0.340 e. The van der Waals surface area contributed by atoms with Gasteiger partial charge in [-0.25, -0.2) is 9.97 Å². The van der Waals surface area contributed by atoms with E-state index in [1.165, 1.54) is 0 Å². The fourth-order valence-corrected chi connectivity index (χ4v) is 2.64. The van der Waals surface area contributed by atoms with Crippen molar-refractivity contribution in [2.45, 2.75) is 20.8 Å². The van der Waals surface area contributed by atoms with Crippen LogP contribution in [0.2, 0.25) is 0 Å². The minimum absolute atomic E-state index is 0.266. The molecule has 1 heterocycles. The molecule has 0 unspecified atom stereocenters. The number of carbonyl (C=O) groups excluding carboxylic acids is 1. The van der Waals surface area contributed by atoms with Crippen molar-refractivity contribution in [2.75, 3.05) is 10.6 Å². The first kappa shape index (κ1) is 18.1. The second kappa shape index (κ2) is 7.67. The van der Waals surface area contributed by atoms with Gasteiger partial charge in [0.15, 0.2) is 0 Å². The van der Waals surface area contributed by atoms with Crippen LogP contribution in [0.15, 0.2) is 48.5 Å². The molecule has 134 valence electrons. The molecule has 0 aliphatic carbocycles. The molecule has 27 heavy (non-hydrogen) atoms. The smallest absolute Gasteiger partial charge is 0.274 e. The maximum atomic E-state index is 12.7. The molecule has 0 bridgehead atoms. The summed E-state index contributed by atoms with van der Waals surface area (Å²) in [7, 11) is 0. The molecule has 0 fully saturated rings. The number of rotatable bonds is 4.